The van der Waals surface area contributed by atoms with E-state index in [2.05, 4.69) is 0 Å². The van der Waals surface area contributed by atoms with Crippen molar-refractivity contribution in [3.05, 3.63) is 35.9 Å². The quantitative estimate of drug-likeness (QED) is 0.538. The van der Waals surface area contributed by atoms with Gasteiger partial charge in [0.15, 0.2) is 0 Å². The van der Waals surface area contributed by atoms with Crippen LogP contribution in [0.2, 0.25) is 0 Å². The molecule has 1 aromatic carbocycles. The number of ether oxygens (including phenoxy) is 2. The summed E-state index contributed by atoms with van der Waals surface area (Å²) in [6.07, 6.45) is 0.521. The molecule has 14 heavy (non-hydrogen) atoms. The summed E-state index contributed by atoms with van der Waals surface area (Å²) in [5.41, 5.74) is 1.20. The van der Waals surface area contributed by atoms with Crippen LogP contribution in [0.5, 0.6) is 0 Å². The van der Waals surface area contributed by atoms with Gasteiger partial charge in [-0.2, -0.15) is 0 Å². The number of esters is 1. The summed E-state index contributed by atoms with van der Waals surface area (Å²) in [6.45, 7) is 1.39. The molecular weight excluding hydrogens is 180 g/mol. The molecule has 0 N–H and O–H groups in total. The first kappa shape index (κ1) is 9.21. The first-order valence-electron chi connectivity index (χ1n) is 4.62. The summed E-state index contributed by atoms with van der Waals surface area (Å²) in [5.74, 6) is -0.287. The third-order valence-electron chi connectivity index (χ3n) is 2.10. The van der Waals surface area contributed by atoms with Gasteiger partial charge in [-0.3, -0.25) is 4.79 Å². The average molecular weight is 192 g/mol. The SMILES string of the molecule is CC(=O)O[C@H]1O[C@@H]1Cc1ccccc1. The molecule has 1 aliphatic heterocycles. The van der Waals surface area contributed by atoms with Crippen LogP contribution in [0.15, 0.2) is 30.3 Å². The lowest BCUT2D eigenvalue weighted by atomic mass is 10.1. The van der Waals surface area contributed by atoms with Crippen molar-refractivity contribution in [2.24, 2.45) is 0 Å². The van der Waals surface area contributed by atoms with Gasteiger partial charge in [0.05, 0.1) is 0 Å². The Hall–Kier alpha value is -1.35. The van der Waals surface area contributed by atoms with Crippen molar-refractivity contribution >= 4 is 5.97 Å². The summed E-state index contributed by atoms with van der Waals surface area (Å²) in [7, 11) is 0. The minimum absolute atomic E-state index is 0.0429. The number of benzene rings is 1. The van der Waals surface area contributed by atoms with Crippen LogP contribution in [0.1, 0.15) is 12.5 Å². The predicted octanol–water partition coefficient (Wildman–Crippen LogP) is 1.52. The van der Waals surface area contributed by atoms with Gasteiger partial charge < -0.3 is 9.47 Å². The molecule has 0 radical (unpaired) electrons. The third kappa shape index (κ3) is 2.33. The summed E-state index contributed by atoms with van der Waals surface area (Å²) in [4.78, 5) is 10.6. The van der Waals surface area contributed by atoms with Gasteiger partial charge in [-0.05, 0) is 5.56 Å². The molecule has 0 unspecified atom stereocenters. The minimum atomic E-state index is -0.326. The molecule has 0 bridgehead atoms. The summed E-state index contributed by atoms with van der Waals surface area (Å²) >= 11 is 0. The maximum absolute atomic E-state index is 10.6. The number of hydrogen-bond acceptors (Lipinski definition) is 3. The Morgan fingerprint density at radius 2 is 2.14 bits per heavy atom. The second-order valence-corrected chi connectivity index (χ2v) is 3.34. The van der Waals surface area contributed by atoms with Crippen LogP contribution >= 0.6 is 0 Å². The topological polar surface area (TPSA) is 38.8 Å². The summed E-state index contributed by atoms with van der Waals surface area (Å²) in [6, 6.07) is 10.0. The van der Waals surface area contributed by atoms with Crippen LogP contribution in [0.25, 0.3) is 0 Å². The zero-order valence-electron chi connectivity index (χ0n) is 7.97. The molecule has 0 spiro atoms. The lowest BCUT2D eigenvalue weighted by Crippen LogP contribution is -2.06. The Bertz CT molecular complexity index is 321. The van der Waals surface area contributed by atoms with Crippen LogP contribution in [-0.4, -0.2) is 18.4 Å². The maximum Gasteiger partial charge on any atom is 0.305 e. The fourth-order valence-corrected chi connectivity index (χ4v) is 1.38. The van der Waals surface area contributed by atoms with Gasteiger partial charge in [0.25, 0.3) is 0 Å². The molecule has 0 aromatic heterocycles. The van der Waals surface area contributed by atoms with E-state index in [0.29, 0.717) is 0 Å². The molecular formula is C11H12O3. The van der Waals surface area contributed by atoms with Gasteiger partial charge in [-0.25, -0.2) is 0 Å². The van der Waals surface area contributed by atoms with Crippen molar-refractivity contribution in [3.8, 4) is 0 Å². The Balaban J connectivity index is 1.82. The molecule has 1 heterocycles. The van der Waals surface area contributed by atoms with Gasteiger partial charge in [-0.15, -0.1) is 0 Å². The van der Waals surface area contributed by atoms with E-state index in [1.54, 1.807) is 0 Å². The lowest BCUT2D eigenvalue weighted by Gasteiger charge is -1.96. The zero-order valence-corrected chi connectivity index (χ0v) is 7.97. The number of carbonyl (C=O) groups excluding carboxylic acids is 1. The van der Waals surface area contributed by atoms with Gasteiger partial charge >= 0.3 is 5.97 Å². The molecule has 2 atom stereocenters. The molecule has 1 aliphatic rings. The van der Waals surface area contributed by atoms with Crippen molar-refractivity contribution in [1.82, 2.24) is 0 Å². The minimum Gasteiger partial charge on any atom is -0.433 e. The van der Waals surface area contributed by atoms with Crippen molar-refractivity contribution in [1.29, 1.82) is 0 Å². The fraction of sp³-hybridized carbons (Fsp3) is 0.364. The standard InChI is InChI=1S/C11H12O3/c1-8(12)13-11-10(14-11)7-9-5-3-2-4-6-9/h2-6,10-11H,7H2,1H3/t10-,11+/m1/s1. The highest BCUT2D eigenvalue weighted by atomic mass is 16.8. The second-order valence-electron chi connectivity index (χ2n) is 3.34. The van der Waals surface area contributed by atoms with Crippen molar-refractivity contribution in [3.63, 3.8) is 0 Å². The first-order valence-corrected chi connectivity index (χ1v) is 4.62. The van der Waals surface area contributed by atoms with E-state index in [9.17, 15) is 4.79 Å². The Morgan fingerprint density at radius 1 is 1.43 bits per heavy atom. The number of rotatable bonds is 3. The van der Waals surface area contributed by atoms with Crippen molar-refractivity contribution < 1.29 is 14.3 Å². The highest BCUT2D eigenvalue weighted by molar-refractivity contribution is 5.66. The van der Waals surface area contributed by atoms with E-state index < -0.39 is 0 Å². The molecule has 0 saturated carbocycles. The second kappa shape index (κ2) is 3.80. The zero-order chi connectivity index (χ0) is 9.97. The molecule has 3 nitrogen and oxygen atoms in total. The van der Waals surface area contributed by atoms with E-state index in [0.717, 1.165) is 6.42 Å². The lowest BCUT2D eigenvalue weighted by molar-refractivity contribution is -0.145. The van der Waals surface area contributed by atoms with E-state index >= 15 is 0 Å². The van der Waals surface area contributed by atoms with E-state index in [4.69, 9.17) is 9.47 Å². The fourth-order valence-electron chi connectivity index (χ4n) is 1.38. The van der Waals surface area contributed by atoms with Crippen LogP contribution in [0.3, 0.4) is 0 Å². The van der Waals surface area contributed by atoms with Gasteiger partial charge in [0.1, 0.15) is 6.10 Å². The average Bonchev–Trinajstić information content (AvgIpc) is 2.84. The number of carbonyl (C=O) groups is 1. The van der Waals surface area contributed by atoms with E-state index in [1.165, 1.54) is 12.5 Å². The smallest absolute Gasteiger partial charge is 0.305 e. The van der Waals surface area contributed by atoms with Crippen molar-refractivity contribution in [2.75, 3.05) is 0 Å². The van der Waals surface area contributed by atoms with Gasteiger partial charge in [0, 0.05) is 13.3 Å². The summed E-state index contributed by atoms with van der Waals surface area (Å²) < 4.78 is 10.1. The summed E-state index contributed by atoms with van der Waals surface area (Å²) in [5, 5.41) is 0. The van der Waals surface area contributed by atoms with Crippen LogP contribution in [0, 0.1) is 0 Å². The van der Waals surface area contributed by atoms with Crippen LogP contribution < -0.4 is 0 Å². The Kier molecular flexibility index (Phi) is 2.50. The molecule has 74 valence electrons. The van der Waals surface area contributed by atoms with Crippen LogP contribution in [0.4, 0.5) is 0 Å². The molecule has 3 heteroatoms. The predicted molar refractivity (Wildman–Crippen MR) is 50.6 cm³/mol. The monoisotopic (exact) mass is 192 g/mol. The molecule has 1 aromatic rings. The van der Waals surface area contributed by atoms with E-state index in [-0.39, 0.29) is 18.4 Å². The molecule has 0 amide bonds. The normalized spacial score (nSPS) is 24.4. The van der Waals surface area contributed by atoms with Gasteiger partial charge in [-0.1, -0.05) is 30.3 Å². The molecule has 0 aliphatic carbocycles. The maximum atomic E-state index is 10.6. The number of epoxide rings is 1. The molecule has 1 fully saturated rings. The number of hydrogen-bond donors (Lipinski definition) is 0. The van der Waals surface area contributed by atoms with Crippen molar-refractivity contribution in [2.45, 2.75) is 25.7 Å². The van der Waals surface area contributed by atoms with Gasteiger partial charge in [0.2, 0.25) is 6.29 Å². The molecule has 2 rings (SSSR count). The third-order valence-corrected chi connectivity index (χ3v) is 2.10. The van der Waals surface area contributed by atoms with Crippen LogP contribution in [-0.2, 0) is 20.7 Å². The molecule has 1 saturated heterocycles. The Morgan fingerprint density at radius 3 is 2.79 bits per heavy atom. The largest absolute Gasteiger partial charge is 0.433 e. The Labute approximate surface area is 82.6 Å². The van der Waals surface area contributed by atoms with E-state index in [1.807, 2.05) is 30.3 Å². The first-order chi connectivity index (χ1) is 6.75. The highest BCUT2D eigenvalue weighted by Crippen LogP contribution is 2.26. The highest BCUT2D eigenvalue weighted by Gasteiger charge is 2.41.